The molecule has 0 unspecified atom stereocenters. The highest BCUT2D eigenvalue weighted by Gasteiger charge is 2.38. The molecule has 3 N–H and O–H groups in total. The van der Waals surface area contributed by atoms with E-state index in [0.717, 1.165) is 16.7 Å². The summed E-state index contributed by atoms with van der Waals surface area (Å²) in [5.74, 6) is -1.86. The average molecular weight is 330 g/mol. The number of rotatable bonds is 4. The summed E-state index contributed by atoms with van der Waals surface area (Å²) in [6.07, 6.45) is 0. The van der Waals surface area contributed by atoms with Gasteiger partial charge in [0.05, 0.1) is 0 Å². The fraction of sp³-hybridized carbons (Fsp3) is 0.0476. The average Bonchev–Trinajstić information content (AvgIpc) is 2.68. The van der Waals surface area contributed by atoms with E-state index in [1.54, 1.807) is 0 Å². The lowest BCUT2D eigenvalue weighted by molar-refractivity contribution is -0.138. The van der Waals surface area contributed by atoms with Gasteiger partial charge >= 0.3 is 11.8 Å². The normalized spacial score (nSPS) is 10.9. The molecule has 0 aliphatic heterocycles. The molecule has 0 aliphatic carbocycles. The van der Waals surface area contributed by atoms with Gasteiger partial charge in [-0.1, -0.05) is 91.0 Å². The highest BCUT2D eigenvalue weighted by atomic mass is 16.2. The van der Waals surface area contributed by atoms with Crippen LogP contribution in [0.1, 0.15) is 16.7 Å². The van der Waals surface area contributed by atoms with Crippen molar-refractivity contribution in [3.63, 3.8) is 0 Å². The van der Waals surface area contributed by atoms with E-state index in [1.165, 1.54) is 0 Å². The molecule has 4 nitrogen and oxygen atoms in total. The second-order valence-corrected chi connectivity index (χ2v) is 5.67. The van der Waals surface area contributed by atoms with Crippen molar-refractivity contribution in [3.05, 3.63) is 108 Å². The Morgan fingerprint density at radius 2 is 0.960 bits per heavy atom. The smallest absolute Gasteiger partial charge is 0.310 e. The third-order valence-electron chi connectivity index (χ3n) is 4.15. The summed E-state index contributed by atoms with van der Waals surface area (Å²) >= 11 is 0. The molecule has 0 fully saturated rings. The molecule has 3 rings (SSSR count). The fourth-order valence-electron chi connectivity index (χ4n) is 3.01. The van der Waals surface area contributed by atoms with Crippen LogP contribution in [0.3, 0.4) is 0 Å². The van der Waals surface area contributed by atoms with Crippen LogP contribution in [0.2, 0.25) is 0 Å². The van der Waals surface area contributed by atoms with E-state index in [0.29, 0.717) is 0 Å². The van der Waals surface area contributed by atoms with Gasteiger partial charge in [-0.3, -0.25) is 9.59 Å². The standard InChI is InChI=1S/C21H18N2O2/c22-19(24)20(25)23-21(16-10-4-1-5-11-16,17-12-6-2-7-13-17)18-14-8-3-9-15-18/h1-15H,(H2,22,24)(H,23,25). The van der Waals surface area contributed by atoms with Crippen LogP contribution in [-0.2, 0) is 15.1 Å². The van der Waals surface area contributed by atoms with E-state index in [2.05, 4.69) is 5.32 Å². The summed E-state index contributed by atoms with van der Waals surface area (Å²) in [6.45, 7) is 0. The van der Waals surface area contributed by atoms with E-state index in [-0.39, 0.29) is 0 Å². The van der Waals surface area contributed by atoms with E-state index in [9.17, 15) is 9.59 Å². The summed E-state index contributed by atoms with van der Waals surface area (Å²) in [5, 5.41) is 2.87. The van der Waals surface area contributed by atoms with Crippen LogP contribution in [0.4, 0.5) is 0 Å². The van der Waals surface area contributed by atoms with Gasteiger partial charge in [-0.25, -0.2) is 0 Å². The van der Waals surface area contributed by atoms with Gasteiger partial charge in [-0.2, -0.15) is 0 Å². The van der Waals surface area contributed by atoms with Crippen molar-refractivity contribution in [2.75, 3.05) is 0 Å². The molecular weight excluding hydrogens is 312 g/mol. The molecule has 2 amide bonds. The maximum atomic E-state index is 12.3. The number of hydrogen-bond donors (Lipinski definition) is 2. The lowest BCUT2D eigenvalue weighted by Gasteiger charge is -2.36. The number of carbonyl (C=O) groups is 2. The topological polar surface area (TPSA) is 72.2 Å². The number of benzene rings is 3. The molecule has 3 aromatic rings. The lowest BCUT2D eigenvalue weighted by Crippen LogP contribution is -2.51. The number of nitrogens with two attached hydrogens (primary N) is 1. The fourth-order valence-corrected chi connectivity index (χ4v) is 3.01. The largest absolute Gasteiger partial charge is 0.361 e. The maximum absolute atomic E-state index is 12.3. The Morgan fingerprint density at radius 3 is 1.24 bits per heavy atom. The second-order valence-electron chi connectivity index (χ2n) is 5.67. The van der Waals surface area contributed by atoms with Gasteiger partial charge in [0.15, 0.2) is 0 Å². The van der Waals surface area contributed by atoms with E-state index >= 15 is 0 Å². The maximum Gasteiger partial charge on any atom is 0.310 e. The molecule has 0 heterocycles. The van der Waals surface area contributed by atoms with Gasteiger partial charge in [0.1, 0.15) is 5.54 Å². The van der Waals surface area contributed by atoms with Gasteiger partial charge in [0, 0.05) is 0 Å². The van der Waals surface area contributed by atoms with Crippen molar-refractivity contribution in [2.45, 2.75) is 5.54 Å². The molecule has 0 saturated heterocycles. The number of primary amides is 1. The van der Waals surface area contributed by atoms with E-state index < -0.39 is 17.4 Å². The molecule has 0 atom stereocenters. The lowest BCUT2D eigenvalue weighted by atomic mass is 9.77. The van der Waals surface area contributed by atoms with E-state index in [4.69, 9.17) is 5.73 Å². The second kappa shape index (κ2) is 7.01. The molecule has 25 heavy (non-hydrogen) atoms. The van der Waals surface area contributed by atoms with Crippen molar-refractivity contribution in [1.29, 1.82) is 0 Å². The third-order valence-corrected chi connectivity index (χ3v) is 4.15. The monoisotopic (exact) mass is 330 g/mol. The minimum absolute atomic E-state index is 0.835. The summed E-state index contributed by atoms with van der Waals surface area (Å²) in [4.78, 5) is 23.8. The van der Waals surface area contributed by atoms with Gasteiger partial charge in [-0.05, 0) is 16.7 Å². The Kier molecular flexibility index (Phi) is 4.61. The zero-order valence-electron chi connectivity index (χ0n) is 13.6. The van der Waals surface area contributed by atoms with Crippen LogP contribution < -0.4 is 11.1 Å². The molecule has 0 saturated carbocycles. The first-order valence-corrected chi connectivity index (χ1v) is 7.93. The Balaban J connectivity index is 2.31. The molecular formula is C21H18N2O2. The van der Waals surface area contributed by atoms with Crippen molar-refractivity contribution in [2.24, 2.45) is 5.73 Å². The van der Waals surface area contributed by atoms with Crippen LogP contribution in [0.15, 0.2) is 91.0 Å². The van der Waals surface area contributed by atoms with Crippen molar-refractivity contribution < 1.29 is 9.59 Å². The predicted molar refractivity (Wildman–Crippen MR) is 96.5 cm³/mol. The van der Waals surface area contributed by atoms with Gasteiger partial charge in [-0.15, -0.1) is 0 Å². The first-order chi connectivity index (χ1) is 12.1. The van der Waals surface area contributed by atoms with Crippen molar-refractivity contribution in [1.82, 2.24) is 5.32 Å². The van der Waals surface area contributed by atoms with Gasteiger partial charge in [0.2, 0.25) is 0 Å². The zero-order valence-corrected chi connectivity index (χ0v) is 13.6. The predicted octanol–water partition coefficient (Wildman–Crippen LogP) is 2.58. The first kappa shape index (κ1) is 16.5. The molecule has 3 aromatic carbocycles. The molecule has 0 aliphatic rings. The molecule has 4 heteroatoms. The van der Waals surface area contributed by atoms with Crippen molar-refractivity contribution in [3.8, 4) is 0 Å². The Labute approximate surface area is 146 Å². The molecule has 0 radical (unpaired) electrons. The summed E-state index contributed by atoms with van der Waals surface area (Å²) in [6, 6.07) is 28.6. The van der Waals surface area contributed by atoms with Gasteiger partial charge < -0.3 is 11.1 Å². The SMILES string of the molecule is NC(=O)C(=O)NC(c1ccccc1)(c1ccccc1)c1ccccc1. The van der Waals surface area contributed by atoms with Crippen LogP contribution in [0, 0.1) is 0 Å². The highest BCUT2D eigenvalue weighted by Crippen LogP contribution is 2.36. The minimum atomic E-state index is -1.02. The quantitative estimate of drug-likeness (QED) is 0.570. The van der Waals surface area contributed by atoms with Crippen molar-refractivity contribution >= 4 is 11.8 Å². The first-order valence-electron chi connectivity index (χ1n) is 7.93. The summed E-state index contributed by atoms with van der Waals surface area (Å²) < 4.78 is 0. The third kappa shape index (κ3) is 3.15. The number of amides is 2. The highest BCUT2D eigenvalue weighted by molar-refractivity contribution is 6.34. The molecule has 0 spiro atoms. The molecule has 124 valence electrons. The Hall–Kier alpha value is -3.40. The summed E-state index contributed by atoms with van der Waals surface area (Å²) in [7, 11) is 0. The molecule has 0 aromatic heterocycles. The van der Waals surface area contributed by atoms with Gasteiger partial charge in [0.25, 0.3) is 0 Å². The van der Waals surface area contributed by atoms with Crippen LogP contribution >= 0.6 is 0 Å². The zero-order chi connectivity index (χ0) is 17.7. The molecule has 0 bridgehead atoms. The van der Waals surface area contributed by atoms with E-state index in [1.807, 2.05) is 91.0 Å². The Morgan fingerprint density at radius 1 is 0.640 bits per heavy atom. The van der Waals surface area contributed by atoms with Crippen LogP contribution in [0.5, 0.6) is 0 Å². The summed E-state index contributed by atoms with van der Waals surface area (Å²) in [5.41, 5.74) is 6.71. The Bertz CT molecular complexity index is 766. The number of hydrogen-bond acceptors (Lipinski definition) is 2. The number of nitrogens with one attached hydrogen (secondary N) is 1. The van der Waals surface area contributed by atoms with Crippen LogP contribution in [-0.4, -0.2) is 11.8 Å². The minimum Gasteiger partial charge on any atom is -0.361 e. The van der Waals surface area contributed by atoms with Crippen LogP contribution in [0.25, 0.3) is 0 Å². The number of carbonyl (C=O) groups excluding carboxylic acids is 2.